The summed E-state index contributed by atoms with van der Waals surface area (Å²) in [4.78, 5) is 63.3. The van der Waals surface area contributed by atoms with Gasteiger partial charge >= 0.3 is 12.1 Å². The number of hydrogen-bond acceptors (Lipinski definition) is 9. The fraction of sp³-hybridized carbons (Fsp3) is 0.629. The van der Waals surface area contributed by atoms with Crippen molar-refractivity contribution in [2.75, 3.05) is 33.2 Å². The Hall–Kier alpha value is -3.75. The van der Waals surface area contributed by atoms with E-state index in [0.29, 0.717) is 26.1 Å². The number of nitrogens with zero attached hydrogens (tertiary/aromatic N) is 4. The summed E-state index contributed by atoms with van der Waals surface area (Å²) in [6.45, 7) is 15.8. The highest BCUT2D eigenvalue weighted by Gasteiger charge is 2.39. The summed E-state index contributed by atoms with van der Waals surface area (Å²) < 4.78 is 5.59. The Balaban J connectivity index is 1.80. The van der Waals surface area contributed by atoms with Crippen LogP contribution in [0.4, 0.5) is 9.59 Å². The van der Waals surface area contributed by atoms with Gasteiger partial charge in [-0.05, 0) is 59.4 Å². The largest absolute Gasteiger partial charge is 0.444 e. The van der Waals surface area contributed by atoms with E-state index in [1.807, 2.05) is 69.9 Å². The van der Waals surface area contributed by atoms with Crippen molar-refractivity contribution in [3.05, 3.63) is 52.5 Å². The third kappa shape index (κ3) is 12.9. The first-order chi connectivity index (χ1) is 22.8. The molecule has 1 aliphatic rings. The highest BCUT2D eigenvalue weighted by molar-refractivity contribution is 7.09. The minimum atomic E-state index is -1.10. The summed E-state index contributed by atoms with van der Waals surface area (Å²) in [5.41, 5.74) is 1.38. The third-order valence-corrected chi connectivity index (χ3v) is 8.67. The summed E-state index contributed by atoms with van der Waals surface area (Å²) >= 11 is 1.44. The van der Waals surface area contributed by atoms with Crippen molar-refractivity contribution in [2.24, 2.45) is 5.92 Å². The molecule has 1 saturated heterocycles. The number of aliphatic hydroxyl groups excluding tert-OH is 1. The van der Waals surface area contributed by atoms with Gasteiger partial charge < -0.3 is 35.6 Å². The van der Waals surface area contributed by atoms with Crippen molar-refractivity contribution < 1.29 is 29.0 Å². The highest BCUT2D eigenvalue weighted by Crippen LogP contribution is 2.19. The number of carbonyl (C=O) groups is 4. The van der Waals surface area contributed by atoms with E-state index in [-0.39, 0.29) is 24.9 Å². The molecule has 0 unspecified atom stereocenters. The Kier molecular flexibility index (Phi) is 14.0. The van der Waals surface area contributed by atoms with E-state index in [9.17, 15) is 24.3 Å². The molecule has 0 bridgehead atoms. The predicted molar refractivity (Wildman–Crippen MR) is 190 cm³/mol. The van der Waals surface area contributed by atoms with E-state index >= 15 is 0 Å². The lowest BCUT2D eigenvalue weighted by Gasteiger charge is -2.43. The van der Waals surface area contributed by atoms with Crippen molar-refractivity contribution >= 4 is 35.3 Å². The molecule has 13 nitrogen and oxygen atoms in total. The quantitative estimate of drug-likeness (QED) is 0.263. The van der Waals surface area contributed by atoms with Crippen LogP contribution in [0.3, 0.4) is 0 Å². The molecule has 1 aliphatic heterocycles. The van der Waals surface area contributed by atoms with Crippen molar-refractivity contribution in [3.8, 4) is 0 Å². The molecule has 0 radical (unpaired) electrons. The second kappa shape index (κ2) is 17.3. The molecule has 4 atom stereocenters. The van der Waals surface area contributed by atoms with E-state index in [0.717, 1.165) is 10.4 Å². The number of β-amino-alcohol motifs (C(OH)–C–C–N with tert-alkyl or cyclic N) is 1. The van der Waals surface area contributed by atoms with Gasteiger partial charge in [-0.25, -0.2) is 9.59 Å². The molecule has 1 aromatic heterocycles. The first kappa shape index (κ1) is 39.7. The number of urea groups is 1. The topological polar surface area (TPSA) is 156 Å². The van der Waals surface area contributed by atoms with Gasteiger partial charge in [0.1, 0.15) is 17.7 Å². The van der Waals surface area contributed by atoms with Gasteiger partial charge in [0, 0.05) is 49.8 Å². The first-order valence-electron chi connectivity index (χ1n) is 16.8. The molecule has 0 aliphatic carbocycles. The number of aromatic nitrogens is 1. The number of nitrogens with one attached hydrogen (secondary N) is 3. The smallest absolute Gasteiger partial charge is 0.410 e. The number of rotatable bonds is 12. The molecule has 1 fully saturated rings. The Morgan fingerprint density at radius 2 is 1.73 bits per heavy atom. The maximum Gasteiger partial charge on any atom is 0.410 e. The zero-order valence-electron chi connectivity index (χ0n) is 30.4. The maximum atomic E-state index is 13.8. The number of amides is 5. The molecule has 14 heteroatoms. The molecule has 272 valence electrons. The standard InChI is InChI=1S/C35H55N7O6S/c1-23(2)29(38-32(46)40(9)19-25-18-36-22-49-25)31(45)37-26(17-24-13-11-10-12-14-24)28(43)21-41-15-16-42(33(47)48-35(6,7)8)20-27(41)30(44)39-34(3,4)5/h10-14,18,22-23,26-29,43H,15-17,19-21H2,1-9H3,(H,37,45)(H,38,46)(H,39,44)/t26-,27-,28-,29+/m0/s1. The van der Waals surface area contributed by atoms with Gasteiger partial charge in [0.05, 0.1) is 24.2 Å². The Bertz CT molecular complexity index is 1380. The summed E-state index contributed by atoms with van der Waals surface area (Å²) in [6, 6.07) is 6.71. The van der Waals surface area contributed by atoms with Crippen LogP contribution in [-0.4, -0.2) is 117 Å². The summed E-state index contributed by atoms with van der Waals surface area (Å²) in [5.74, 6) is -0.949. The number of carbonyl (C=O) groups excluding carboxylic acids is 4. The maximum absolute atomic E-state index is 13.8. The average Bonchev–Trinajstić information content (AvgIpc) is 3.51. The van der Waals surface area contributed by atoms with E-state index in [1.165, 1.54) is 21.1 Å². The Morgan fingerprint density at radius 3 is 2.31 bits per heavy atom. The minimum Gasteiger partial charge on any atom is -0.444 e. The molecule has 2 heterocycles. The second-order valence-corrected chi connectivity index (χ2v) is 16.0. The van der Waals surface area contributed by atoms with Gasteiger partial charge in [-0.15, -0.1) is 11.3 Å². The number of ether oxygens (including phenoxy) is 1. The molecule has 0 spiro atoms. The fourth-order valence-electron chi connectivity index (χ4n) is 5.43. The molecule has 49 heavy (non-hydrogen) atoms. The molecule has 3 rings (SSSR count). The van der Waals surface area contributed by atoms with E-state index in [2.05, 4.69) is 20.9 Å². The number of piperazine rings is 1. The molecule has 1 aromatic carbocycles. The minimum absolute atomic E-state index is 0.0540. The van der Waals surface area contributed by atoms with Gasteiger partial charge in [0.2, 0.25) is 11.8 Å². The van der Waals surface area contributed by atoms with E-state index < -0.39 is 53.4 Å². The van der Waals surface area contributed by atoms with Crippen LogP contribution in [0.1, 0.15) is 65.8 Å². The summed E-state index contributed by atoms with van der Waals surface area (Å²) in [7, 11) is 1.65. The first-order valence-corrected chi connectivity index (χ1v) is 17.7. The van der Waals surface area contributed by atoms with Gasteiger partial charge in [-0.2, -0.15) is 0 Å². The Morgan fingerprint density at radius 1 is 1.06 bits per heavy atom. The van der Waals surface area contributed by atoms with Crippen molar-refractivity contribution in [1.82, 2.24) is 35.6 Å². The van der Waals surface area contributed by atoms with Gasteiger partial charge in [-0.3, -0.25) is 19.5 Å². The normalized spacial score (nSPS) is 17.5. The van der Waals surface area contributed by atoms with Crippen LogP contribution in [0.15, 0.2) is 42.0 Å². The lowest BCUT2D eigenvalue weighted by Crippen LogP contribution is -2.64. The lowest BCUT2D eigenvalue weighted by molar-refractivity contribution is -0.132. The zero-order chi connectivity index (χ0) is 36.5. The van der Waals surface area contributed by atoms with Crippen LogP contribution in [-0.2, 0) is 27.3 Å². The molecule has 5 amide bonds. The summed E-state index contributed by atoms with van der Waals surface area (Å²) in [5, 5.41) is 20.7. The van der Waals surface area contributed by atoms with Crippen LogP contribution in [0.5, 0.6) is 0 Å². The number of aliphatic hydroxyl groups is 1. The number of thiazole rings is 1. The second-order valence-electron chi connectivity index (χ2n) is 15.0. The van der Waals surface area contributed by atoms with Crippen molar-refractivity contribution in [2.45, 2.75) is 104 Å². The van der Waals surface area contributed by atoms with Gasteiger partial charge in [-0.1, -0.05) is 44.2 Å². The van der Waals surface area contributed by atoms with Crippen LogP contribution >= 0.6 is 11.3 Å². The van der Waals surface area contributed by atoms with E-state index in [4.69, 9.17) is 4.74 Å². The monoisotopic (exact) mass is 701 g/mol. The SMILES string of the molecule is CC(C)[C@@H](NC(=O)N(C)Cc1cncs1)C(=O)N[C@@H](Cc1ccccc1)[C@@H](O)CN1CCN(C(=O)OC(C)(C)C)C[C@H]1C(=O)NC(C)(C)C. The van der Waals surface area contributed by atoms with Gasteiger partial charge in [0.15, 0.2) is 0 Å². The van der Waals surface area contributed by atoms with Crippen LogP contribution in [0.25, 0.3) is 0 Å². The van der Waals surface area contributed by atoms with Crippen LogP contribution in [0.2, 0.25) is 0 Å². The average molecular weight is 702 g/mol. The molecule has 0 saturated carbocycles. The summed E-state index contributed by atoms with van der Waals surface area (Å²) in [6.07, 6.45) is 0.412. The molecule has 2 aromatic rings. The van der Waals surface area contributed by atoms with Crippen molar-refractivity contribution in [1.29, 1.82) is 0 Å². The lowest BCUT2D eigenvalue weighted by atomic mass is 9.97. The fourth-order valence-corrected chi connectivity index (χ4v) is 6.08. The van der Waals surface area contributed by atoms with Crippen LogP contribution in [0, 0.1) is 5.92 Å². The Labute approximate surface area is 294 Å². The number of hydrogen-bond donors (Lipinski definition) is 4. The third-order valence-electron chi connectivity index (χ3n) is 7.91. The molecular weight excluding hydrogens is 646 g/mol. The van der Waals surface area contributed by atoms with Crippen LogP contribution < -0.4 is 16.0 Å². The number of benzene rings is 1. The van der Waals surface area contributed by atoms with Gasteiger partial charge in [0.25, 0.3) is 0 Å². The predicted octanol–water partition coefficient (Wildman–Crippen LogP) is 3.23. The molecular formula is C35H55N7O6S. The van der Waals surface area contributed by atoms with E-state index in [1.54, 1.807) is 39.5 Å². The highest BCUT2D eigenvalue weighted by atomic mass is 32.1. The van der Waals surface area contributed by atoms with Crippen molar-refractivity contribution in [3.63, 3.8) is 0 Å². The zero-order valence-corrected chi connectivity index (χ0v) is 31.2. The molecule has 4 N–H and O–H groups in total.